The molecule has 2 aromatic carbocycles. The third-order valence-corrected chi connectivity index (χ3v) is 3.86. The molecule has 0 bridgehead atoms. The van der Waals surface area contributed by atoms with E-state index in [1.54, 1.807) is 0 Å². The van der Waals surface area contributed by atoms with Crippen molar-refractivity contribution in [2.45, 2.75) is 25.6 Å². The third kappa shape index (κ3) is 3.51. The maximum Gasteiger partial charge on any atom is 0.408 e. The van der Waals surface area contributed by atoms with Crippen molar-refractivity contribution < 1.29 is 14.3 Å². The number of carbonyl (C=O) groups excluding carboxylic acids is 2. The van der Waals surface area contributed by atoms with Gasteiger partial charge in [-0.05, 0) is 23.6 Å². The van der Waals surface area contributed by atoms with Crippen LogP contribution >= 0.6 is 0 Å². The van der Waals surface area contributed by atoms with E-state index in [1.165, 1.54) is 0 Å². The fourth-order valence-corrected chi connectivity index (χ4v) is 2.46. The highest BCUT2D eigenvalue weighted by Gasteiger charge is 2.37. The molecule has 1 aliphatic rings. The van der Waals surface area contributed by atoms with Crippen molar-refractivity contribution in [3.05, 3.63) is 60.2 Å². The van der Waals surface area contributed by atoms with Crippen molar-refractivity contribution >= 4 is 12.0 Å². The van der Waals surface area contributed by atoms with Crippen LogP contribution in [0.4, 0.5) is 4.79 Å². The summed E-state index contributed by atoms with van der Waals surface area (Å²) in [6.45, 7) is 2.00. The number of carbonyl (C=O) groups is 2. The second-order valence-corrected chi connectivity index (χ2v) is 5.56. The van der Waals surface area contributed by atoms with E-state index < -0.39 is 12.1 Å². The van der Waals surface area contributed by atoms with Crippen molar-refractivity contribution in [3.63, 3.8) is 0 Å². The first-order valence-corrected chi connectivity index (χ1v) is 7.51. The lowest BCUT2D eigenvalue weighted by molar-refractivity contribution is -0.131. The van der Waals surface area contributed by atoms with Crippen LogP contribution < -0.4 is 10.6 Å². The molecule has 5 heteroatoms. The van der Waals surface area contributed by atoms with Crippen LogP contribution in [-0.4, -0.2) is 24.1 Å². The topological polar surface area (TPSA) is 67.4 Å². The van der Waals surface area contributed by atoms with Crippen molar-refractivity contribution in [1.29, 1.82) is 0 Å². The van der Waals surface area contributed by atoms with Crippen LogP contribution in [0.3, 0.4) is 0 Å². The first-order valence-electron chi connectivity index (χ1n) is 7.51. The Hall–Kier alpha value is -2.82. The quantitative estimate of drug-likeness (QED) is 0.853. The van der Waals surface area contributed by atoms with E-state index in [2.05, 4.69) is 10.6 Å². The first kappa shape index (κ1) is 15.1. The Morgan fingerprint density at radius 1 is 1.09 bits per heavy atom. The Balaban J connectivity index is 1.52. The number of rotatable bonds is 4. The molecule has 0 radical (unpaired) electrons. The highest BCUT2D eigenvalue weighted by atomic mass is 16.5. The summed E-state index contributed by atoms with van der Waals surface area (Å²) in [4.78, 5) is 22.9. The zero-order valence-corrected chi connectivity index (χ0v) is 12.8. The summed E-state index contributed by atoms with van der Waals surface area (Å²) in [6, 6.07) is 17.3. The van der Waals surface area contributed by atoms with E-state index in [0.29, 0.717) is 0 Å². The Morgan fingerprint density at radius 2 is 1.74 bits per heavy atom. The van der Waals surface area contributed by atoms with Crippen LogP contribution in [0.15, 0.2) is 54.6 Å². The summed E-state index contributed by atoms with van der Waals surface area (Å²) in [5, 5.41) is 5.20. The number of hydrogen-bond acceptors (Lipinski definition) is 3. The summed E-state index contributed by atoms with van der Waals surface area (Å²) in [5.74, 6) is -0.179. The lowest BCUT2D eigenvalue weighted by Gasteiger charge is -2.33. The molecule has 0 unspecified atom stereocenters. The molecule has 5 nitrogen and oxygen atoms in total. The average molecular weight is 310 g/mol. The first-order chi connectivity index (χ1) is 11.1. The van der Waals surface area contributed by atoms with Gasteiger partial charge >= 0.3 is 6.09 Å². The standard InChI is InChI=1S/C18H18N2O3/c1-12-16(17(21)19-12)20-18(22)23-11-13-7-9-15(10-8-13)14-5-3-2-4-6-14/h2-10,12,16H,11H2,1H3,(H,19,21)(H,20,22)/t12-,16+/m1/s1. The fourth-order valence-electron chi connectivity index (χ4n) is 2.46. The van der Waals surface area contributed by atoms with Crippen LogP contribution in [0.2, 0.25) is 0 Å². The monoisotopic (exact) mass is 310 g/mol. The number of β-lactam (4-membered cyclic amide) rings is 1. The Kier molecular flexibility index (Phi) is 4.28. The van der Waals surface area contributed by atoms with E-state index in [4.69, 9.17) is 4.74 Å². The van der Waals surface area contributed by atoms with Gasteiger partial charge in [0.1, 0.15) is 12.6 Å². The zero-order chi connectivity index (χ0) is 16.2. The van der Waals surface area contributed by atoms with Gasteiger partial charge < -0.3 is 15.4 Å². The zero-order valence-electron chi connectivity index (χ0n) is 12.8. The van der Waals surface area contributed by atoms with E-state index in [0.717, 1.165) is 16.7 Å². The number of benzene rings is 2. The van der Waals surface area contributed by atoms with Gasteiger partial charge in [0.25, 0.3) is 0 Å². The summed E-state index contributed by atoms with van der Waals surface area (Å²) in [5.41, 5.74) is 3.15. The van der Waals surface area contributed by atoms with Crippen LogP contribution in [-0.2, 0) is 16.1 Å². The average Bonchev–Trinajstić information content (AvgIpc) is 2.59. The smallest absolute Gasteiger partial charge is 0.408 e. The normalized spacial score (nSPS) is 19.4. The molecular weight excluding hydrogens is 292 g/mol. The molecule has 1 fully saturated rings. The second-order valence-electron chi connectivity index (χ2n) is 5.56. The highest BCUT2D eigenvalue weighted by Crippen LogP contribution is 2.19. The molecule has 118 valence electrons. The lowest BCUT2D eigenvalue weighted by Crippen LogP contribution is -2.67. The van der Waals surface area contributed by atoms with Gasteiger partial charge in [-0.15, -0.1) is 0 Å². The molecule has 1 aliphatic heterocycles. The molecule has 0 saturated carbocycles. The molecule has 2 aromatic rings. The van der Waals surface area contributed by atoms with E-state index in [9.17, 15) is 9.59 Å². The van der Waals surface area contributed by atoms with Crippen molar-refractivity contribution in [3.8, 4) is 11.1 Å². The summed E-state index contributed by atoms with van der Waals surface area (Å²) in [7, 11) is 0. The molecule has 0 aliphatic carbocycles. The van der Waals surface area contributed by atoms with Crippen LogP contribution in [0.25, 0.3) is 11.1 Å². The molecule has 1 heterocycles. The van der Waals surface area contributed by atoms with Crippen LogP contribution in [0, 0.1) is 0 Å². The van der Waals surface area contributed by atoms with E-state index in [1.807, 2.05) is 61.5 Å². The summed E-state index contributed by atoms with van der Waals surface area (Å²) < 4.78 is 5.15. The third-order valence-electron chi connectivity index (χ3n) is 3.86. The van der Waals surface area contributed by atoms with Gasteiger partial charge in [0.15, 0.2) is 0 Å². The molecule has 2 atom stereocenters. The molecule has 2 amide bonds. The lowest BCUT2D eigenvalue weighted by atomic mass is 10.0. The Labute approximate surface area is 134 Å². The maximum atomic E-state index is 11.7. The van der Waals surface area contributed by atoms with Crippen LogP contribution in [0.5, 0.6) is 0 Å². The minimum absolute atomic E-state index is 0.0554. The maximum absolute atomic E-state index is 11.7. The molecule has 1 saturated heterocycles. The number of ether oxygens (including phenoxy) is 1. The number of alkyl carbamates (subject to hydrolysis) is 1. The minimum Gasteiger partial charge on any atom is -0.445 e. The van der Waals surface area contributed by atoms with Gasteiger partial charge in [-0.25, -0.2) is 4.79 Å². The van der Waals surface area contributed by atoms with Gasteiger partial charge in [0, 0.05) is 0 Å². The minimum atomic E-state index is -0.580. The van der Waals surface area contributed by atoms with Crippen molar-refractivity contribution in [2.24, 2.45) is 0 Å². The predicted molar refractivity (Wildman–Crippen MR) is 86.6 cm³/mol. The van der Waals surface area contributed by atoms with Crippen molar-refractivity contribution in [2.75, 3.05) is 0 Å². The van der Waals surface area contributed by atoms with Gasteiger partial charge in [-0.1, -0.05) is 54.6 Å². The van der Waals surface area contributed by atoms with Crippen LogP contribution in [0.1, 0.15) is 12.5 Å². The molecule has 23 heavy (non-hydrogen) atoms. The van der Waals surface area contributed by atoms with E-state index >= 15 is 0 Å². The largest absolute Gasteiger partial charge is 0.445 e. The highest BCUT2D eigenvalue weighted by molar-refractivity contribution is 5.92. The van der Waals surface area contributed by atoms with Gasteiger partial charge in [0.2, 0.25) is 5.91 Å². The summed E-state index contributed by atoms with van der Waals surface area (Å²) >= 11 is 0. The fraction of sp³-hybridized carbons (Fsp3) is 0.222. The van der Waals surface area contributed by atoms with Gasteiger partial charge in [-0.3, -0.25) is 4.79 Å². The Morgan fingerprint density at radius 3 is 2.35 bits per heavy atom. The Bertz CT molecular complexity index is 698. The number of nitrogens with one attached hydrogen (secondary N) is 2. The molecule has 3 rings (SSSR count). The molecule has 2 N–H and O–H groups in total. The number of hydrogen-bond donors (Lipinski definition) is 2. The van der Waals surface area contributed by atoms with E-state index in [-0.39, 0.29) is 18.6 Å². The van der Waals surface area contributed by atoms with Crippen molar-refractivity contribution in [1.82, 2.24) is 10.6 Å². The van der Waals surface area contributed by atoms with Gasteiger partial charge in [-0.2, -0.15) is 0 Å². The molecule has 0 aromatic heterocycles. The number of amides is 2. The second kappa shape index (κ2) is 6.52. The molecule has 0 spiro atoms. The van der Waals surface area contributed by atoms with Gasteiger partial charge in [0.05, 0.1) is 6.04 Å². The predicted octanol–water partition coefficient (Wildman–Crippen LogP) is 2.47. The SMILES string of the molecule is C[C@H]1NC(=O)[C@H]1NC(=O)OCc1ccc(-c2ccccc2)cc1. The summed E-state index contributed by atoms with van der Waals surface area (Å²) in [6.07, 6.45) is -0.580. The molecular formula is C18H18N2O3.